The SMILES string of the molecule is C=COOc1ccccc1.O=C([O-])[O-].[Na+].[Na+]. The van der Waals surface area contributed by atoms with Gasteiger partial charge < -0.3 is 15.0 Å². The topological polar surface area (TPSA) is 81.7 Å². The molecule has 1 aromatic carbocycles. The van der Waals surface area contributed by atoms with Crippen molar-refractivity contribution >= 4 is 6.16 Å². The average molecular weight is 242 g/mol. The summed E-state index contributed by atoms with van der Waals surface area (Å²) in [4.78, 5) is 17.6. The molecule has 0 aliphatic carbocycles. The van der Waals surface area contributed by atoms with Crippen LogP contribution in [-0.2, 0) is 4.89 Å². The van der Waals surface area contributed by atoms with Crippen LogP contribution in [0.25, 0.3) is 0 Å². The molecule has 0 fully saturated rings. The van der Waals surface area contributed by atoms with E-state index in [1.54, 1.807) is 12.1 Å². The van der Waals surface area contributed by atoms with E-state index in [0.29, 0.717) is 5.75 Å². The van der Waals surface area contributed by atoms with Gasteiger partial charge in [-0.05, 0) is 18.3 Å². The maximum absolute atomic E-state index is 8.33. The Balaban J connectivity index is -0.000000249. The van der Waals surface area contributed by atoms with E-state index < -0.39 is 6.16 Å². The van der Waals surface area contributed by atoms with Crippen molar-refractivity contribution in [2.45, 2.75) is 0 Å². The molecule has 0 amide bonds. The number of carboxylic acid groups (broad SMARTS) is 2. The van der Waals surface area contributed by atoms with Gasteiger partial charge in [-0.1, -0.05) is 24.8 Å². The smallest absolute Gasteiger partial charge is 0.652 e. The molecule has 0 bridgehead atoms. The first-order valence-electron chi connectivity index (χ1n) is 3.54. The van der Waals surface area contributed by atoms with Crippen LogP contribution in [0.4, 0.5) is 4.79 Å². The molecule has 16 heavy (non-hydrogen) atoms. The van der Waals surface area contributed by atoms with E-state index in [4.69, 9.17) is 19.9 Å². The second-order valence-corrected chi connectivity index (χ2v) is 1.91. The van der Waals surface area contributed by atoms with Crippen molar-refractivity contribution in [3.05, 3.63) is 43.2 Å². The average Bonchev–Trinajstić information content (AvgIpc) is 2.15. The predicted octanol–water partition coefficient (Wildman–Crippen LogP) is -6.30. The summed E-state index contributed by atoms with van der Waals surface area (Å²) < 4.78 is 0. The van der Waals surface area contributed by atoms with Crippen molar-refractivity contribution in [3.8, 4) is 5.75 Å². The Morgan fingerprint density at radius 3 is 2.00 bits per heavy atom. The molecule has 7 heteroatoms. The van der Waals surface area contributed by atoms with E-state index in [1.807, 2.05) is 18.2 Å². The van der Waals surface area contributed by atoms with E-state index in [2.05, 4.69) is 11.5 Å². The molecule has 76 valence electrons. The van der Waals surface area contributed by atoms with E-state index in [0.717, 1.165) is 0 Å². The normalized spacial score (nSPS) is 6.75. The van der Waals surface area contributed by atoms with Gasteiger partial charge in [0.05, 0.1) is 0 Å². The van der Waals surface area contributed by atoms with Gasteiger partial charge in [0.25, 0.3) is 0 Å². The number of hydrogen-bond donors (Lipinski definition) is 0. The maximum atomic E-state index is 8.33. The Hall–Kier alpha value is -0.170. The summed E-state index contributed by atoms with van der Waals surface area (Å²) in [6.07, 6.45) is -1.10. The summed E-state index contributed by atoms with van der Waals surface area (Å²) in [6.45, 7) is 3.33. The molecule has 0 unspecified atom stereocenters. The molecule has 0 aliphatic heterocycles. The maximum Gasteiger partial charge on any atom is 1.00 e. The zero-order chi connectivity index (χ0) is 10.8. The van der Waals surface area contributed by atoms with E-state index >= 15 is 0 Å². The zero-order valence-electron chi connectivity index (χ0n) is 9.21. The molecule has 0 saturated carbocycles. The van der Waals surface area contributed by atoms with Gasteiger partial charge in [0.15, 0.2) is 5.75 Å². The van der Waals surface area contributed by atoms with Gasteiger partial charge >= 0.3 is 59.1 Å². The van der Waals surface area contributed by atoms with Gasteiger partial charge in [-0.2, -0.15) is 0 Å². The minimum absolute atomic E-state index is 0. The van der Waals surface area contributed by atoms with Crippen molar-refractivity contribution in [2.24, 2.45) is 0 Å². The Morgan fingerprint density at radius 2 is 1.62 bits per heavy atom. The van der Waals surface area contributed by atoms with Crippen molar-refractivity contribution < 1.29 is 83.9 Å². The second kappa shape index (κ2) is 14.8. The van der Waals surface area contributed by atoms with E-state index in [-0.39, 0.29) is 59.1 Å². The molecule has 1 aromatic rings. The predicted molar refractivity (Wildman–Crippen MR) is 43.7 cm³/mol. The van der Waals surface area contributed by atoms with Gasteiger partial charge in [-0.25, -0.2) is 0 Å². The van der Waals surface area contributed by atoms with Crippen LogP contribution >= 0.6 is 0 Å². The van der Waals surface area contributed by atoms with E-state index in [9.17, 15) is 0 Å². The van der Waals surface area contributed by atoms with Crippen molar-refractivity contribution in [1.82, 2.24) is 0 Å². The molecule has 0 spiro atoms. The molecule has 0 saturated heterocycles. The Morgan fingerprint density at radius 1 is 1.19 bits per heavy atom. The number of hydrogen-bond acceptors (Lipinski definition) is 5. The fraction of sp³-hybridized carbons (Fsp3) is 0. The molecular weight excluding hydrogens is 234 g/mol. The monoisotopic (exact) mass is 242 g/mol. The van der Waals surface area contributed by atoms with E-state index in [1.165, 1.54) is 6.26 Å². The first kappa shape index (κ1) is 21.1. The third-order valence-corrected chi connectivity index (χ3v) is 0.956. The molecular formula is C9H8Na2O5. The molecule has 0 heterocycles. The molecule has 0 aliphatic rings. The number of carbonyl (C=O) groups excluding carboxylic acids is 1. The number of benzene rings is 1. The van der Waals surface area contributed by atoms with Crippen LogP contribution in [0, 0.1) is 0 Å². The summed E-state index contributed by atoms with van der Waals surface area (Å²) in [5.41, 5.74) is 0. The molecule has 5 nitrogen and oxygen atoms in total. The summed E-state index contributed by atoms with van der Waals surface area (Å²) in [5, 5.41) is 16.7. The molecule has 0 N–H and O–H groups in total. The van der Waals surface area contributed by atoms with Crippen LogP contribution in [0.2, 0.25) is 0 Å². The Labute approximate surface area is 138 Å². The second-order valence-electron chi connectivity index (χ2n) is 1.91. The number of para-hydroxylation sites is 1. The molecule has 0 atom stereocenters. The van der Waals surface area contributed by atoms with Crippen molar-refractivity contribution in [1.29, 1.82) is 0 Å². The summed E-state index contributed by atoms with van der Waals surface area (Å²) in [6, 6.07) is 9.22. The summed E-state index contributed by atoms with van der Waals surface area (Å²) in [7, 11) is 0. The van der Waals surface area contributed by atoms with Crippen molar-refractivity contribution in [2.75, 3.05) is 0 Å². The summed E-state index contributed by atoms with van der Waals surface area (Å²) in [5.74, 6) is 0.669. The van der Waals surface area contributed by atoms with Gasteiger partial charge in [0, 0.05) is 0 Å². The fourth-order valence-electron chi connectivity index (χ4n) is 0.566. The Bertz CT molecular complexity index is 274. The minimum atomic E-state index is -2.33. The van der Waals surface area contributed by atoms with Crippen LogP contribution in [0.5, 0.6) is 5.75 Å². The first-order chi connectivity index (χ1) is 6.66. The van der Waals surface area contributed by atoms with Crippen LogP contribution in [0.15, 0.2) is 43.2 Å². The quantitative estimate of drug-likeness (QED) is 0.228. The van der Waals surface area contributed by atoms with Gasteiger partial charge in [0.1, 0.15) is 6.26 Å². The van der Waals surface area contributed by atoms with Crippen LogP contribution < -0.4 is 74.2 Å². The number of rotatable bonds is 3. The minimum Gasteiger partial charge on any atom is -0.652 e. The van der Waals surface area contributed by atoms with Gasteiger partial charge in [0.2, 0.25) is 0 Å². The zero-order valence-corrected chi connectivity index (χ0v) is 13.2. The molecule has 0 radical (unpaired) electrons. The standard InChI is InChI=1S/C8H8O2.CH2O3.2Na/c1-2-9-10-8-6-4-3-5-7-8;2-1(3)4;;/h2-7H,1H2;(H2,2,3,4);;/q;;2*+1/p-2. The van der Waals surface area contributed by atoms with Crippen molar-refractivity contribution in [3.63, 3.8) is 0 Å². The fourth-order valence-corrected chi connectivity index (χ4v) is 0.566. The third kappa shape index (κ3) is 16.3. The third-order valence-electron chi connectivity index (χ3n) is 0.956. The van der Waals surface area contributed by atoms with Crippen LogP contribution in [0.1, 0.15) is 0 Å². The Kier molecular flexibility index (Phi) is 19.6. The summed E-state index contributed by atoms with van der Waals surface area (Å²) >= 11 is 0. The molecule has 1 rings (SSSR count). The molecule has 0 aromatic heterocycles. The van der Waals surface area contributed by atoms with Gasteiger partial charge in [-0.3, -0.25) is 9.78 Å². The van der Waals surface area contributed by atoms with Gasteiger partial charge in [-0.15, -0.1) is 0 Å². The first-order valence-corrected chi connectivity index (χ1v) is 3.54. The van der Waals surface area contributed by atoms with Crippen LogP contribution in [-0.4, -0.2) is 6.16 Å². The largest absolute Gasteiger partial charge is 1.00 e. The van der Waals surface area contributed by atoms with Crippen LogP contribution in [0.3, 0.4) is 0 Å². The number of carbonyl (C=O) groups is 1.